The van der Waals surface area contributed by atoms with E-state index in [1.54, 1.807) is 26.4 Å². The lowest BCUT2D eigenvalue weighted by atomic mass is 10.1. The standard InChI is InChI=1S/C21H26N2O4.2ClH/c1-22-11-13-23(14-12-22)15-17-9-10-18(25-2)20(26-3)19(17)27-21(24)16-7-5-4-6-8-16;;/h4-10H,11-15H2,1-3H3;2*1H. The van der Waals surface area contributed by atoms with Crippen LogP contribution in [-0.4, -0.2) is 63.2 Å². The van der Waals surface area contributed by atoms with E-state index >= 15 is 0 Å². The Bertz CT molecular complexity index is 782. The Morgan fingerprint density at radius 1 is 0.897 bits per heavy atom. The summed E-state index contributed by atoms with van der Waals surface area (Å²) in [5.74, 6) is 0.982. The lowest BCUT2D eigenvalue weighted by Gasteiger charge is -2.32. The SMILES string of the molecule is COc1ccc(CN2CCN(C)CC2)c(OC(=O)c2ccccc2)c1OC.Cl.Cl. The number of halogens is 2. The van der Waals surface area contributed by atoms with E-state index in [-0.39, 0.29) is 24.8 Å². The quantitative estimate of drug-likeness (QED) is 0.503. The number of piperazine rings is 1. The number of ether oxygens (including phenoxy) is 3. The average Bonchev–Trinajstić information content (AvgIpc) is 2.71. The van der Waals surface area contributed by atoms with Crippen LogP contribution in [0.1, 0.15) is 15.9 Å². The second-order valence-corrected chi connectivity index (χ2v) is 6.62. The first kappa shape index (κ1) is 25.0. The average molecular weight is 443 g/mol. The van der Waals surface area contributed by atoms with Gasteiger partial charge in [-0.15, -0.1) is 24.8 Å². The summed E-state index contributed by atoms with van der Waals surface area (Å²) in [6, 6.07) is 12.7. The molecule has 6 nitrogen and oxygen atoms in total. The summed E-state index contributed by atoms with van der Waals surface area (Å²) < 4.78 is 16.7. The Labute approximate surface area is 184 Å². The van der Waals surface area contributed by atoms with Crippen molar-refractivity contribution in [2.75, 3.05) is 47.4 Å². The topological polar surface area (TPSA) is 51.2 Å². The summed E-state index contributed by atoms with van der Waals surface area (Å²) in [5, 5.41) is 0. The number of esters is 1. The van der Waals surface area contributed by atoms with Crippen LogP contribution in [0.2, 0.25) is 0 Å². The molecule has 0 amide bonds. The maximum absolute atomic E-state index is 12.6. The molecule has 29 heavy (non-hydrogen) atoms. The van der Waals surface area contributed by atoms with Crippen LogP contribution in [0.15, 0.2) is 42.5 Å². The summed E-state index contributed by atoms with van der Waals surface area (Å²) >= 11 is 0. The van der Waals surface area contributed by atoms with Gasteiger partial charge in [0.1, 0.15) is 0 Å². The van der Waals surface area contributed by atoms with Crippen LogP contribution in [0.4, 0.5) is 0 Å². The second kappa shape index (κ2) is 11.9. The molecular weight excluding hydrogens is 415 g/mol. The second-order valence-electron chi connectivity index (χ2n) is 6.62. The van der Waals surface area contributed by atoms with Gasteiger partial charge in [-0.1, -0.05) is 24.3 Å². The minimum absolute atomic E-state index is 0. The number of likely N-dealkylation sites (N-methyl/N-ethyl adjacent to an activating group) is 1. The maximum atomic E-state index is 12.6. The van der Waals surface area contributed by atoms with E-state index in [0.717, 1.165) is 31.7 Å². The predicted molar refractivity (Wildman–Crippen MR) is 118 cm³/mol. The Balaban J connectivity index is 0.00000210. The third-order valence-corrected chi connectivity index (χ3v) is 4.78. The normalized spacial score (nSPS) is 14.3. The first-order chi connectivity index (χ1) is 13.1. The third kappa shape index (κ3) is 6.24. The van der Waals surface area contributed by atoms with Gasteiger partial charge in [-0.05, 0) is 25.2 Å². The molecule has 1 fully saturated rings. The number of carbonyl (C=O) groups is 1. The van der Waals surface area contributed by atoms with Crippen LogP contribution in [0, 0.1) is 0 Å². The zero-order valence-electron chi connectivity index (χ0n) is 16.9. The summed E-state index contributed by atoms with van der Waals surface area (Å²) in [6.07, 6.45) is 0. The van der Waals surface area contributed by atoms with E-state index in [1.165, 1.54) is 0 Å². The molecule has 0 atom stereocenters. The van der Waals surface area contributed by atoms with E-state index in [4.69, 9.17) is 14.2 Å². The number of rotatable bonds is 6. The van der Waals surface area contributed by atoms with Gasteiger partial charge >= 0.3 is 5.97 Å². The predicted octanol–water partition coefficient (Wildman–Crippen LogP) is 3.51. The van der Waals surface area contributed by atoms with Crippen LogP contribution in [0.3, 0.4) is 0 Å². The summed E-state index contributed by atoms with van der Waals surface area (Å²) in [5.41, 5.74) is 1.40. The third-order valence-electron chi connectivity index (χ3n) is 4.78. The summed E-state index contributed by atoms with van der Waals surface area (Å²) in [4.78, 5) is 17.3. The molecular formula is C21H28Cl2N2O4. The largest absolute Gasteiger partial charge is 0.493 e. The Hall–Kier alpha value is -1.99. The highest BCUT2D eigenvalue weighted by atomic mass is 35.5. The smallest absolute Gasteiger partial charge is 0.343 e. The molecule has 0 saturated carbocycles. The molecule has 1 saturated heterocycles. The minimum Gasteiger partial charge on any atom is -0.493 e. The molecule has 160 valence electrons. The Morgan fingerprint density at radius 2 is 1.55 bits per heavy atom. The fourth-order valence-corrected chi connectivity index (χ4v) is 3.15. The van der Waals surface area contributed by atoms with Crippen LogP contribution < -0.4 is 14.2 Å². The monoisotopic (exact) mass is 442 g/mol. The molecule has 2 aromatic carbocycles. The van der Waals surface area contributed by atoms with E-state index < -0.39 is 5.97 Å². The molecule has 0 bridgehead atoms. The van der Waals surface area contributed by atoms with E-state index in [0.29, 0.717) is 29.4 Å². The number of hydrogen-bond acceptors (Lipinski definition) is 6. The molecule has 0 aliphatic carbocycles. The fraction of sp³-hybridized carbons (Fsp3) is 0.381. The highest BCUT2D eigenvalue weighted by molar-refractivity contribution is 5.91. The lowest BCUT2D eigenvalue weighted by Crippen LogP contribution is -2.43. The van der Waals surface area contributed by atoms with E-state index in [2.05, 4.69) is 16.8 Å². The van der Waals surface area contributed by atoms with Gasteiger partial charge in [0.05, 0.1) is 19.8 Å². The Kier molecular flexibility index (Phi) is 10.3. The van der Waals surface area contributed by atoms with Crippen LogP contribution in [0.25, 0.3) is 0 Å². The number of nitrogens with zero attached hydrogens (tertiary/aromatic N) is 2. The van der Waals surface area contributed by atoms with Crippen molar-refractivity contribution in [3.8, 4) is 17.2 Å². The van der Waals surface area contributed by atoms with Crippen molar-refractivity contribution in [3.63, 3.8) is 0 Å². The van der Waals surface area contributed by atoms with Gasteiger partial charge in [0.15, 0.2) is 11.5 Å². The molecule has 0 unspecified atom stereocenters. The highest BCUT2D eigenvalue weighted by Gasteiger charge is 2.23. The molecule has 0 radical (unpaired) electrons. The van der Waals surface area contributed by atoms with Crippen molar-refractivity contribution in [2.24, 2.45) is 0 Å². The van der Waals surface area contributed by atoms with Gasteiger partial charge in [0.2, 0.25) is 5.75 Å². The minimum atomic E-state index is -0.415. The Morgan fingerprint density at radius 3 is 2.14 bits per heavy atom. The van der Waals surface area contributed by atoms with E-state index in [1.807, 2.05) is 30.3 Å². The molecule has 2 aromatic rings. The van der Waals surface area contributed by atoms with Gasteiger partial charge in [-0.3, -0.25) is 4.90 Å². The highest BCUT2D eigenvalue weighted by Crippen LogP contribution is 2.41. The fourth-order valence-electron chi connectivity index (χ4n) is 3.15. The molecule has 3 rings (SSSR count). The van der Waals surface area contributed by atoms with Gasteiger partial charge in [-0.25, -0.2) is 4.79 Å². The van der Waals surface area contributed by atoms with E-state index in [9.17, 15) is 4.79 Å². The van der Waals surface area contributed by atoms with Crippen LogP contribution >= 0.6 is 24.8 Å². The van der Waals surface area contributed by atoms with Gasteiger partial charge in [0.25, 0.3) is 0 Å². The van der Waals surface area contributed by atoms with Crippen molar-refractivity contribution in [3.05, 3.63) is 53.6 Å². The van der Waals surface area contributed by atoms with Crippen molar-refractivity contribution >= 4 is 30.8 Å². The zero-order valence-corrected chi connectivity index (χ0v) is 18.6. The number of methoxy groups -OCH3 is 2. The maximum Gasteiger partial charge on any atom is 0.343 e. The first-order valence-corrected chi connectivity index (χ1v) is 9.04. The molecule has 0 aromatic heterocycles. The number of carbonyl (C=O) groups excluding carboxylic acids is 1. The molecule has 1 heterocycles. The van der Waals surface area contributed by atoms with Crippen LogP contribution in [0.5, 0.6) is 17.2 Å². The molecule has 1 aliphatic heterocycles. The van der Waals surface area contributed by atoms with Crippen molar-refractivity contribution in [1.29, 1.82) is 0 Å². The first-order valence-electron chi connectivity index (χ1n) is 9.04. The zero-order chi connectivity index (χ0) is 19.2. The van der Waals surface area contributed by atoms with Crippen LogP contribution in [-0.2, 0) is 6.54 Å². The number of benzene rings is 2. The number of hydrogen-bond donors (Lipinski definition) is 0. The van der Waals surface area contributed by atoms with Crippen molar-refractivity contribution in [2.45, 2.75) is 6.54 Å². The van der Waals surface area contributed by atoms with Crippen molar-refractivity contribution < 1.29 is 19.0 Å². The molecule has 0 spiro atoms. The van der Waals surface area contributed by atoms with Gasteiger partial charge < -0.3 is 19.1 Å². The van der Waals surface area contributed by atoms with Crippen molar-refractivity contribution in [1.82, 2.24) is 9.80 Å². The molecule has 0 N–H and O–H groups in total. The summed E-state index contributed by atoms with van der Waals surface area (Å²) in [7, 11) is 5.25. The lowest BCUT2D eigenvalue weighted by molar-refractivity contribution is 0.0724. The molecule has 8 heteroatoms. The summed E-state index contributed by atoms with van der Waals surface area (Å²) in [6.45, 7) is 4.66. The van der Waals surface area contributed by atoms with Gasteiger partial charge in [0, 0.05) is 38.3 Å². The van der Waals surface area contributed by atoms with Gasteiger partial charge in [-0.2, -0.15) is 0 Å². The molecule has 1 aliphatic rings.